The van der Waals surface area contributed by atoms with Gasteiger partial charge in [0.15, 0.2) is 0 Å². The first-order valence-corrected chi connectivity index (χ1v) is 7.36. The summed E-state index contributed by atoms with van der Waals surface area (Å²) in [4.78, 5) is 20.8. The fourth-order valence-electron chi connectivity index (χ4n) is 1.88. The van der Waals surface area contributed by atoms with Crippen molar-refractivity contribution < 1.29 is 4.79 Å². The molecule has 1 amide bonds. The SMILES string of the molecule is Cc1cccc(NC(=O)c2csc(-c3ccccc3)n2)n1. The van der Waals surface area contributed by atoms with Crippen LogP contribution in [-0.4, -0.2) is 15.9 Å². The van der Waals surface area contributed by atoms with Crippen molar-refractivity contribution in [2.24, 2.45) is 0 Å². The lowest BCUT2D eigenvalue weighted by atomic mass is 10.2. The number of amides is 1. The minimum absolute atomic E-state index is 0.244. The number of nitrogens with zero attached hydrogens (tertiary/aromatic N) is 2. The first-order chi connectivity index (χ1) is 10.2. The lowest BCUT2D eigenvalue weighted by Gasteiger charge is -2.02. The molecule has 1 N–H and O–H groups in total. The molecule has 0 aliphatic rings. The predicted octanol–water partition coefficient (Wildman–Crippen LogP) is 3.77. The van der Waals surface area contributed by atoms with E-state index in [9.17, 15) is 4.79 Å². The van der Waals surface area contributed by atoms with E-state index in [0.29, 0.717) is 11.5 Å². The van der Waals surface area contributed by atoms with Crippen molar-refractivity contribution >= 4 is 23.1 Å². The molecule has 0 atom stereocenters. The number of anilines is 1. The molecule has 21 heavy (non-hydrogen) atoms. The van der Waals surface area contributed by atoms with Crippen LogP contribution in [0.15, 0.2) is 53.9 Å². The Morgan fingerprint density at radius 2 is 1.86 bits per heavy atom. The molecule has 0 bridgehead atoms. The van der Waals surface area contributed by atoms with E-state index in [1.165, 1.54) is 11.3 Å². The Hall–Kier alpha value is -2.53. The number of aryl methyl sites for hydroxylation is 1. The number of carbonyl (C=O) groups is 1. The molecular formula is C16H13N3OS. The predicted molar refractivity (Wildman–Crippen MR) is 84.5 cm³/mol. The van der Waals surface area contributed by atoms with E-state index in [4.69, 9.17) is 0 Å². The summed E-state index contributed by atoms with van der Waals surface area (Å²) in [6.07, 6.45) is 0. The van der Waals surface area contributed by atoms with E-state index in [0.717, 1.165) is 16.3 Å². The van der Waals surface area contributed by atoms with Gasteiger partial charge in [0.25, 0.3) is 5.91 Å². The van der Waals surface area contributed by atoms with Crippen LogP contribution in [0.4, 0.5) is 5.82 Å². The van der Waals surface area contributed by atoms with Crippen molar-refractivity contribution in [3.63, 3.8) is 0 Å². The van der Waals surface area contributed by atoms with Gasteiger partial charge in [0, 0.05) is 16.6 Å². The Morgan fingerprint density at radius 3 is 2.62 bits per heavy atom. The highest BCUT2D eigenvalue weighted by atomic mass is 32.1. The van der Waals surface area contributed by atoms with Gasteiger partial charge in [-0.15, -0.1) is 11.3 Å². The number of hydrogen-bond donors (Lipinski definition) is 1. The monoisotopic (exact) mass is 295 g/mol. The fraction of sp³-hybridized carbons (Fsp3) is 0.0625. The van der Waals surface area contributed by atoms with Gasteiger partial charge in [-0.3, -0.25) is 4.79 Å². The number of carbonyl (C=O) groups excluding carboxylic acids is 1. The smallest absolute Gasteiger partial charge is 0.276 e. The molecule has 0 radical (unpaired) electrons. The number of pyridine rings is 1. The van der Waals surface area contributed by atoms with Gasteiger partial charge in [-0.2, -0.15) is 0 Å². The fourth-order valence-corrected chi connectivity index (χ4v) is 2.69. The van der Waals surface area contributed by atoms with E-state index in [2.05, 4.69) is 15.3 Å². The van der Waals surface area contributed by atoms with Crippen LogP contribution in [0, 0.1) is 6.92 Å². The average Bonchev–Trinajstić information content (AvgIpc) is 2.98. The Bertz CT molecular complexity index is 768. The molecule has 0 spiro atoms. The van der Waals surface area contributed by atoms with Crippen molar-refractivity contribution in [1.82, 2.24) is 9.97 Å². The van der Waals surface area contributed by atoms with Crippen LogP contribution in [0.1, 0.15) is 16.2 Å². The quantitative estimate of drug-likeness (QED) is 0.800. The van der Waals surface area contributed by atoms with Crippen molar-refractivity contribution in [3.05, 3.63) is 65.3 Å². The molecule has 3 rings (SSSR count). The van der Waals surface area contributed by atoms with Crippen molar-refractivity contribution in [2.45, 2.75) is 6.92 Å². The molecule has 0 unspecified atom stereocenters. The number of thiazole rings is 1. The summed E-state index contributed by atoms with van der Waals surface area (Å²) in [5.41, 5.74) is 2.27. The Morgan fingerprint density at radius 1 is 1.05 bits per heavy atom. The molecule has 0 aliphatic heterocycles. The summed E-state index contributed by atoms with van der Waals surface area (Å²) in [5, 5.41) is 5.35. The number of benzene rings is 1. The van der Waals surface area contributed by atoms with Gasteiger partial charge in [-0.25, -0.2) is 9.97 Å². The number of nitrogens with one attached hydrogen (secondary N) is 1. The van der Waals surface area contributed by atoms with Gasteiger partial charge in [0.05, 0.1) is 0 Å². The van der Waals surface area contributed by atoms with Crippen LogP contribution >= 0.6 is 11.3 Å². The topological polar surface area (TPSA) is 54.9 Å². The third-order valence-corrected chi connectivity index (χ3v) is 3.78. The Labute approximate surface area is 126 Å². The third-order valence-electron chi connectivity index (χ3n) is 2.89. The Kier molecular flexibility index (Phi) is 3.75. The van der Waals surface area contributed by atoms with E-state index in [-0.39, 0.29) is 5.91 Å². The minimum Gasteiger partial charge on any atom is -0.305 e. The van der Waals surface area contributed by atoms with E-state index in [1.54, 1.807) is 11.4 Å². The molecule has 104 valence electrons. The zero-order valence-corrected chi connectivity index (χ0v) is 12.2. The van der Waals surface area contributed by atoms with Crippen LogP contribution in [0.5, 0.6) is 0 Å². The second-order valence-electron chi connectivity index (χ2n) is 4.52. The lowest BCUT2D eigenvalue weighted by molar-refractivity contribution is 0.102. The summed E-state index contributed by atoms with van der Waals surface area (Å²) in [6, 6.07) is 15.3. The van der Waals surface area contributed by atoms with E-state index < -0.39 is 0 Å². The third kappa shape index (κ3) is 3.14. The zero-order chi connectivity index (χ0) is 14.7. The van der Waals surface area contributed by atoms with Crippen LogP contribution < -0.4 is 5.32 Å². The molecule has 0 saturated heterocycles. The maximum absolute atomic E-state index is 12.2. The summed E-state index contributed by atoms with van der Waals surface area (Å²) < 4.78 is 0. The summed E-state index contributed by atoms with van der Waals surface area (Å²) in [6.45, 7) is 1.88. The summed E-state index contributed by atoms with van der Waals surface area (Å²) in [5.74, 6) is 0.292. The average molecular weight is 295 g/mol. The number of aromatic nitrogens is 2. The maximum atomic E-state index is 12.2. The molecule has 4 nitrogen and oxygen atoms in total. The highest BCUT2D eigenvalue weighted by Gasteiger charge is 2.12. The lowest BCUT2D eigenvalue weighted by Crippen LogP contribution is -2.13. The summed E-state index contributed by atoms with van der Waals surface area (Å²) in [7, 11) is 0. The van der Waals surface area contributed by atoms with Gasteiger partial charge < -0.3 is 5.32 Å². The largest absolute Gasteiger partial charge is 0.305 e. The second kappa shape index (κ2) is 5.85. The molecule has 3 aromatic rings. The van der Waals surface area contributed by atoms with Crippen LogP contribution in [-0.2, 0) is 0 Å². The normalized spacial score (nSPS) is 10.3. The van der Waals surface area contributed by atoms with Gasteiger partial charge in [-0.05, 0) is 19.1 Å². The van der Waals surface area contributed by atoms with Crippen molar-refractivity contribution in [2.75, 3.05) is 5.32 Å². The standard InChI is InChI=1S/C16H13N3OS/c1-11-6-5-9-14(17-11)19-15(20)13-10-21-16(18-13)12-7-3-2-4-8-12/h2-10H,1H3,(H,17,19,20). The van der Waals surface area contributed by atoms with Gasteiger partial charge >= 0.3 is 0 Å². The van der Waals surface area contributed by atoms with Crippen molar-refractivity contribution in [3.8, 4) is 10.6 Å². The van der Waals surface area contributed by atoms with Crippen LogP contribution in [0.2, 0.25) is 0 Å². The van der Waals surface area contributed by atoms with E-state index >= 15 is 0 Å². The molecule has 5 heteroatoms. The van der Waals surface area contributed by atoms with Gasteiger partial charge in [0.2, 0.25) is 0 Å². The first-order valence-electron chi connectivity index (χ1n) is 6.48. The molecule has 2 aromatic heterocycles. The first kappa shape index (κ1) is 13.5. The minimum atomic E-state index is -0.244. The maximum Gasteiger partial charge on any atom is 0.276 e. The summed E-state index contributed by atoms with van der Waals surface area (Å²) >= 11 is 1.45. The zero-order valence-electron chi connectivity index (χ0n) is 11.4. The molecule has 1 aromatic carbocycles. The van der Waals surface area contributed by atoms with Crippen LogP contribution in [0.25, 0.3) is 10.6 Å². The number of hydrogen-bond acceptors (Lipinski definition) is 4. The number of rotatable bonds is 3. The highest BCUT2D eigenvalue weighted by Crippen LogP contribution is 2.23. The Balaban J connectivity index is 1.78. The molecule has 2 heterocycles. The van der Waals surface area contributed by atoms with Gasteiger partial charge in [-0.1, -0.05) is 36.4 Å². The molecule has 0 aliphatic carbocycles. The van der Waals surface area contributed by atoms with Crippen LogP contribution in [0.3, 0.4) is 0 Å². The van der Waals surface area contributed by atoms with E-state index in [1.807, 2.05) is 49.4 Å². The van der Waals surface area contributed by atoms with Gasteiger partial charge in [0.1, 0.15) is 16.5 Å². The second-order valence-corrected chi connectivity index (χ2v) is 5.38. The molecule has 0 fully saturated rings. The van der Waals surface area contributed by atoms with Crippen molar-refractivity contribution in [1.29, 1.82) is 0 Å². The molecular weight excluding hydrogens is 282 g/mol. The highest BCUT2D eigenvalue weighted by molar-refractivity contribution is 7.13. The molecule has 0 saturated carbocycles.